The van der Waals surface area contributed by atoms with Gasteiger partial charge in [-0.05, 0) is 18.8 Å². The normalized spacial score (nSPS) is 21.1. The molecule has 1 aromatic rings. The number of likely N-dealkylation sites (tertiary alicyclic amines) is 1. The van der Waals surface area contributed by atoms with Crippen LogP contribution in [0.25, 0.3) is 0 Å². The third-order valence-electron chi connectivity index (χ3n) is 3.43. The lowest BCUT2D eigenvalue weighted by Crippen LogP contribution is -2.32. The summed E-state index contributed by atoms with van der Waals surface area (Å²) in [7, 11) is 0. The number of alkyl halides is 1. The molecule has 2 heterocycles. The summed E-state index contributed by atoms with van der Waals surface area (Å²) in [6, 6.07) is 0. The Hall–Kier alpha value is -0.610. The molecule has 1 fully saturated rings. The van der Waals surface area contributed by atoms with Crippen LogP contribution < -0.4 is 0 Å². The van der Waals surface area contributed by atoms with E-state index >= 15 is 0 Å². The second kappa shape index (κ2) is 6.53. The molecule has 0 aromatic carbocycles. The molecule has 0 aliphatic carbocycles. The molecule has 100 valence electrons. The van der Waals surface area contributed by atoms with Gasteiger partial charge in [0.25, 0.3) is 0 Å². The summed E-state index contributed by atoms with van der Waals surface area (Å²) in [6.07, 6.45) is 3.70. The first-order valence-electron chi connectivity index (χ1n) is 6.46. The number of carbonyl (C=O) groups excluding carboxylic acids is 1. The topological polar surface area (TPSA) is 33.2 Å². The number of nitrogens with zero attached hydrogens (tertiary/aromatic N) is 2. The van der Waals surface area contributed by atoms with Crippen molar-refractivity contribution in [3.63, 3.8) is 0 Å². The summed E-state index contributed by atoms with van der Waals surface area (Å²) in [5.41, 5.74) is 0.937. The highest BCUT2D eigenvalue weighted by atomic mass is 35.5. The first-order chi connectivity index (χ1) is 8.69. The molecule has 0 radical (unpaired) electrons. The molecule has 0 spiro atoms. The zero-order valence-electron chi connectivity index (χ0n) is 10.7. The van der Waals surface area contributed by atoms with Gasteiger partial charge in [-0.2, -0.15) is 0 Å². The van der Waals surface area contributed by atoms with Gasteiger partial charge in [0, 0.05) is 31.3 Å². The minimum absolute atomic E-state index is 0.300. The molecule has 5 heteroatoms. The quantitative estimate of drug-likeness (QED) is 0.797. The van der Waals surface area contributed by atoms with Gasteiger partial charge < -0.3 is 4.90 Å². The average molecular weight is 287 g/mol. The molecule has 0 saturated carbocycles. The average Bonchev–Trinajstić information content (AvgIpc) is 2.77. The van der Waals surface area contributed by atoms with Crippen LogP contribution in [0.15, 0.2) is 5.38 Å². The third-order valence-corrected chi connectivity index (χ3v) is 4.66. The van der Waals surface area contributed by atoms with Gasteiger partial charge in [0.1, 0.15) is 0 Å². The maximum atomic E-state index is 11.9. The molecule has 1 aliphatic rings. The molecule has 0 bridgehead atoms. The molecule has 0 N–H and O–H groups in total. The zero-order valence-corrected chi connectivity index (χ0v) is 12.3. The smallest absolute Gasteiger partial charge is 0.222 e. The summed E-state index contributed by atoms with van der Waals surface area (Å²) < 4.78 is 0. The number of aromatic nitrogens is 1. The number of halogens is 1. The monoisotopic (exact) mass is 286 g/mol. The van der Waals surface area contributed by atoms with Gasteiger partial charge in [-0.1, -0.05) is 6.92 Å². The highest BCUT2D eigenvalue weighted by Gasteiger charge is 2.20. The Morgan fingerprint density at radius 3 is 3.11 bits per heavy atom. The van der Waals surface area contributed by atoms with Crippen molar-refractivity contribution in [2.24, 2.45) is 5.92 Å². The largest absolute Gasteiger partial charge is 0.342 e. The number of rotatable bonds is 4. The second-order valence-electron chi connectivity index (χ2n) is 4.93. The van der Waals surface area contributed by atoms with E-state index in [0.717, 1.165) is 43.1 Å². The SMILES string of the molecule is CC1CCC(=O)N(CCc2nc(CCl)cs2)CC1. The summed E-state index contributed by atoms with van der Waals surface area (Å²) in [4.78, 5) is 18.3. The number of hydrogen-bond donors (Lipinski definition) is 0. The number of carbonyl (C=O) groups is 1. The molecule has 2 rings (SSSR count). The molecule has 1 aromatic heterocycles. The fraction of sp³-hybridized carbons (Fsp3) is 0.692. The van der Waals surface area contributed by atoms with Crippen LogP contribution in [0.5, 0.6) is 0 Å². The van der Waals surface area contributed by atoms with Gasteiger partial charge in [-0.3, -0.25) is 4.79 Å². The molecular weight excluding hydrogens is 268 g/mol. The Morgan fingerprint density at radius 1 is 1.56 bits per heavy atom. The van der Waals surface area contributed by atoms with Gasteiger partial charge in [-0.15, -0.1) is 22.9 Å². The molecule has 1 aliphatic heterocycles. The molecule has 18 heavy (non-hydrogen) atoms. The van der Waals surface area contributed by atoms with Crippen molar-refractivity contribution >= 4 is 28.8 Å². The Labute approximate surface area is 117 Å². The Bertz CT molecular complexity index is 407. The lowest BCUT2D eigenvalue weighted by atomic mass is 10.0. The molecule has 1 atom stereocenters. The standard InChI is InChI=1S/C13H19ClN2OS/c1-10-2-3-13(17)16(6-4-10)7-5-12-15-11(8-14)9-18-12/h9-10H,2-8H2,1H3. The van der Waals surface area contributed by atoms with E-state index in [4.69, 9.17) is 11.6 Å². The van der Waals surface area contributed by atoms with E-state index in [0.29, 0.717) is 24.1 Å². The van der Waals surface area contributed by atoms with Crippen molar-refractivity contribution in [3.8, 4) is 0 Å². The summed E-state index contributed by atoms with van der Waals surface area (Å²) >= 11 is 7.37. The van der Waals surface area contributed by atoms with Gasteiger partial charge >= 0.3 is 0 Å². The highest BCUT2D eigenvalue weighted by Crippen LogP contribution is 2.18. The van der Waals surface area contributed by atoms with Gasteiger partial charge in [-0.25, -0.2) is 4.98 Å². The van der Waals surface area contributed by atoms with Gasteiger partial charge in [0.05, 0.1) is 16.6 Å². The second-order valence-corrected chi connectivity index (χ2v) is 6.14. The van der Waals surface area contributed by atoms with E-state index in [1.54, 1.807) is 11.3 Å². The highest BCUT2D eigenvalue weighted by molar-refractivity contribution is 7.09. The van der Waals surface area contributed by atoms with Crippen LogP contribution >= 0.6 is 22.9 Å². The Kier molecular flexibility index (Phi) is 5.01. The van der Waals surface area contributed by atoms with E-state index in [2.05, 4.69) is 11.9 Å². The van der Waals surface area contributed by atoms with E-state index < -0.39 is 0 Å². The Morgan fingerprint density at radius 2 is 2.39 bits per heavy atom. The first-order valence-corrected chi connectivity index (χ1v) is 7.87. The van der Waals surface area contributed by atoms with Crippen molar-refractivity contribution in [2.45, 2.75) is 38.5 Å². The maximum Gasteiger partial charge on any atom is 0.222 e. The minimum atomic E-state index is 0.300. The van der Waals surface area contributed by atoms with Crippen molar-refractivity contribution in [2.75, 3.05) is 13.1 Å². The predicted molar refractivity (Wildman–Crippen MR) is 75.0 cm³/mol. The molecule has 1 amide bonds. The molecule has 3 nitrogen and oxygen atoms in total. The van der Waals surface area contributed by atoms with Crippen molar-refractivity contribution in [3.05, 3.63) is 16.1 Å². The van der Waals surface area contributed by atoms with Crippen LogP contribution in [0.4, 0.5) is 0 Å². The van der Waals surface area contributed by atoms with E-state index in [1.165, 1.54) is 0 Å². The number of amides is 1. The lowest BCUT2D eigenvalue weighted by Gasteiger charge is -2.19. The Balaban J connectivity index is 1.86. The van der Waals surface area contributed by atoms with Crippen LogP contribution in [0, 0.1) is 5.92 Å². The van der Waals surface area contributed by atoms with Crippen molar-refractivity contribution in [1.29, 1.82) is 0 Å². The lowest BCUT2D eigenvalue weighted by molar-refractivity contribution is -0.130. The van der Waals surface area contributed by atoms with Crippen LogP contribution in [-0.2, 0) is 17.1 Å². The van der Waals surface area contributed by atoms with Crippen molar-refractivity contribution in [1.82, 2.24) is 9.88 Å². The summed E-state index contributed by atoms with van der Waals surface area (Å²) in [5.74, 6) is 1.44. The minimum Gasteiger partial charge on any atom is -0.342 e. The predicted octanol–water partition coefficient (Wildman–Crippen LogP) is 3.07. The molecule has 1 saturated heterocycles. The van der Waals surface area contributed by atoms with E-state index in [1.807, 2.05) is 10.3 Å². The van der Waals surface area contributed by atoms with Crippen LogP contribution in [0.1, 0.15) is 36.9 Å². The number of hydrogen-bond acceptors (Lipinski definition) is 3. The van der Waals surface area contributed by atoms with Gasteiger partial charge in [0.15, 0.2) is 0 Å². The third kappa shape index (κ3) is 3.69. The first kappa shape index (κ1) is 13.8. The zero-order chi connectivity index (χ0) is 13.0. The summed E-state index contributed by atoms with van der Waals surface area (Å²) in [5, 5.41) is 3.07. The van der Waals surface area contributed by atoms with E-state index in [-0.39, 0.29) is 0 Å². The van der Waals surface area contributed by atoms with Crippen LogP contribution in [0.2, 0.25) is 0 Å². The molecule has 1 unspecified atom stereocenters. The van der Waals surface area contributed by atoms with E-state index in [9.17, 15) is 4.79 Å². The summed E-state index contributed by atoms with van der Waals surface area (Å²) in [6.45, 7) is 3.92. The maximum absolute atomic E-state index is 11.9. The fourth-order valence-corrected chi connectivity index (χ4v) is 3.18. The van der Waals surface area contributed by atoms with Crippen molar-refractivity contribution < 1.29 is 4.79 Å². The molecular formula is C13H19ClN2OS. The van der Waals surface area contributed by atoms with Crippen LogP contribution in [-0.4, -0.2) is 28.9 Å². The van der Waals surface area contributed by atoms with Gasteiger partial charge in [0.2, 0.25) is 5.91 Å². The fourth-order valence-electron chi connectivity index (χ4n) is 2.17. The number of thiazole rings is 1. The van der Waals surface area contributed by atoms with Crippen LogP contribution in [0.3, 0.4) is 0 Å².